The predicted molar refractivity (Wildman–Crippen MR) is 238 cm³/mol. The molecule has 0 aromatic rings. The van der Waals surface area contributed by atoms with Crippen molar-refractivity contribution < 1.29 is 79.3 Å². The number of carboxylic acid groups (broad SMARTS) is 1. The zero-order valence-corrected chi connectivity index (χ0v) is 38.1. The molecule has 3 saturated heterocycles. The second-order valence-electron chi connectivity index (χ2n) is 18.5. The second kappa shape index (κ2) is 25.5. The number of aliphatic hydroxyl groups excluding tert-OH is 7. The average Bonchev–Trinajstić information content (AvgIpc) is 3.61. The summed E-state index contributed by atoms with van der Waals surface area (Å²) >= 11 is 0. The number of hydrogen-bond acceptors (Lipinski definition) is 15. The molecule has 0 aliphatic carbocycles. The largest absolute Gasteiger partial charge is 0.481 e. The number of esters is 1. The number of carbonyl (C=O) groups is 3. The van der Waals surface area contributed by atoms with Crippen LogP contribution in [0.2, 0.25) is 0 Å². The van der Waals surface area contributed by atoms with Crippen molar-refractivity contribution in [2.24, 2.45) is 5.92 Å². The SMILES string of the molecule is C=C1C/C=C/CNC(=O)CC[C@@H]2O[C@H](CC/C=C(/C)C[C@@H](/C=C/C[C@H]3O[C@H]([C@@H](O)[C@H](O)[C@@H](O)C[C@H]4O[C@H](CC(=O)O)[C@@H](O)[C@H](O)[C@H]4O)C[C@@H]3C)OC(=O)/C=C/C(C)=C/C1)C[C@](C)(O)[C@H]2O. The Morgan fingerprint density at radius 3 is 2.40 bits per heavy atom. The summed E-state index contributed by atoms with van der Waals surface area (Å²) in [6.07, 6.45) is 0.0757. The lowest BCUT2D eigenvalue weighted by Crippen LogP contribution is -2.59. The molecule has 0 saturated carbocycles. The van der Waals surface area contributed by atoms with Gasteiger partial charge in [0.15, 0.2) is 0 Å². The van der Waals surface area contributed by atoms with Gasteiger partial charge in [-0.1, -0.05) is 66.7 Å². The van der Waals surface area contributed by atoms with E-state index in [0.29, 0.717) is 51.5 Å². The molecule has 4 aliphatic rings. The summed E-state index contributed by atoms with van der Waals surface area (Å²) in [5.74, 6) is -2.14. The van der Waals surface area contributed by atoms with E-state index in [1.54, 1.807) is 19.1 Å². The zero-order valence-electron chi connectivity index (χ0n) is 38.1. The quantitative estimate of drug-likeness (QED) is 0.111. The minimum absolute atomic E-state index is 0.0964. The predicted octanol–water partition coefficient (Wildman–Crippen LogP) is 2.13. The van der Waals surface area contributed by atoms with Crippen LogP contribution >= 0.6 is 0 Å². The van der Waals surface area contributed by atoms with Gasteiger partial charge in [-0.05, 0) is 77.7 Å². The number of ether oxygens (including phenoxy) is 4. The van der Waals surface area contributed by atoms with Crippen LogP contribution in [0.4, 0.5) is 0 Å². The molecule has 17 heteroatoms. The fourth-order valence-corrected chi connectivity index (χ4v) is 8.72. The monoisotopic (exact) mass is 919 g/mol. The van der Waals surface area contributed by atoms with Crippen LogP contribution in [-0.2, 0) is 33.3 Å². The maximum atomic E-state index is 13.1. The summed E-state index contributed by atoms with van der Waals surface area (Å²) in [5, 5.41) is 97.6. The molecule has 0 radical (unpaired) electrons. The van der Waals surface area contributed by atoms with Gasteiger partial charge in [0.25, 0.3) is 0 Å². The summed E-state index contributed by atoms with van der Waals surface area (Å²) in [4.78, 5) is 36.9. The molecule has 0 spiro atoms. The van der Waals surface area contributed by atoms with Gasteiger partial charge < -0.3 is 70.2 Å². The number of nitrogens with one attached hydrogen (secondary N) is 1. The molecule has 0 aromatic heterocycles. The van der Waals surface area contributed by atoms with E-state index in [9.17, 15) is 55.2 Å². The number of rotatable bonds is 10. The fourth-order valence-electron chi connectivity index (χ4n) is 8.72. The fraction of sp³-hybridized carbons (Fsp3) is 0.688. The summed E-state index contributed by atoms with van der Waals surface area (Å²) in [6.45, 7) is 11.7. The van der Waals surface area contributed by atoms with E-state index >= 15 is 0 Å². The zero-order chi connectivity index (χ0) is 48.0. The third-order valence-electron chi connectivity index (χ3n) is 12.7. The Bertz CT molecular complexity index is 1740. The first-order valence-corrected chi connectivity index (χ1v) is 22.8. The molecule has 1 amide bonds. The molecule has 4 aliphatic heterocycles. The van der Waals surface area contributed by atoms with Gasteiger partial charge in [0.05, 0.1) is 54.7 Å². The first-order valence-electron chi connectivity index (χ1n) is 22.8. The van der Waals surface area contributed by atoms with E-state index in [1.807, 2.05) is 51.2 Å². The lowest BCUT2D eigenvalue weighted by Gasteiger charge is -2.43. The Morgan fingerprint density at radius 1 is 0.954 bits per heavy atom. The van der Waals surface area contributed by atoms with Crippen LogP contribution in [0.15, 0.2) is 71.9 Å². The molecule has 17 nitrogen and oxygen atoms in total. The number of carboxylic acids is 1. The summed E-state index contributed by atoms with van der Waals surface area (Å²) < 4.78 is 23.7. The lowest BCUT2D eigenvalue weighted by molar-refractivity contribution is -0.233. The van der Waals surface area contributed by atoms with Gasteiger partial charge >= 0.3 is 11.9 Å². The van der Waals surface area contributed by atoms with Gasteiger partial charge in [-0.15, -0.1) is 0 Å². The van der Waals surface area contributed by atoms with Gasteiger partial charge in [-0.3, -0.25) is 9.59 Å². The highest BCUT2D eigenvalue weighted by atomic mass is 16.6. The smallest absolute Gasteiger partial charge is 0.331 e. The van der Waals surface area contributed by atoms with Crippen LogP contribution in [0, 0.1) is 5.92 Å². The van der Waals surface area contributed by atoms with Gasteiger partial charge in [0.1, 0.15) is 42.7 Å². The molecule has 16 atom stereocenters. The van der Waals surface area contributed by atoms with Gasteiger partial charge in [-0.2, -0.15) is 0 Å². The molecule has 0 unspecified atom stereocenters. The number of cyclic esters (lactones) is 1. The highest BCUT2D eigenvalue weighted by Crippen LogP contribution is 2.35. The van der Waals surface area contributed by atoms with Crippen LogP contribution in [0.5, 0.6) is 0 Å². The molecule has 3 fully saturated rings. The van der Waals surface area contributed by atoms with E-state index in [1.165, 1.54) is 6.08 Å². The van der Waals surface area contributed by atoms with Gasteiger partial charge in [0, 0.05) is 38.3 Å². The number of carbonyl (C=O) groups excluding carboxylic acids is 2. The first kappa shape index (κ1) is 54.0. The minimum Gasteiger partial charge on any atom is -0.481 e. The van der Waals surface area contributed by atoms with E-state index < -0.39 is 110 Å². The van der Waals surface area contributed by atoms with E-state index in [-0.39, 0.29) is 37.2 Å². The molecular formula is C48H73NO16. The summed E-state index contributed by atoms with van der Waals surface area (Å²) in [7, 11) is 0. The highest BCUT2D eigenvalue weighted by Gasteiger charge is 2.47. The number of amides is 1. The maximum absolute atomic E-state index is 13.1. The van der Waals surface area contributed by atoms with Crippen molar-refractivity contribution >= 4 is 17.8 Å². The highest BCUT2D eigenvalue weighted by molar-refractivity contribution is 5.82. The summed E-state index contributed by atoms with van der Waals surface area (Å²) in [6, 6.07) is 0. The van der Waals surface area contributed by atoms with Crippen LogP contribution in [0.25, 0.3) is 0 Å². The Balaban J connectivity index is 1.41. The second-order valence-corrected chi connectivity index (χ2v) is 18.5. The number of allylic oxidation sites excluding steroid dienone is 6. The molecular weight excluding hydrogens is 847 g/mol. The van der Waals surface area contributed by atoms with Crippen molar-refractivity contribution in [1.82, 2.24) is 5.32 Å². The van der Waals surface area contributed by atoms with Crippen molar-refractivity contribution in [2.45, 2.75) is 196 Å². The third kappa shape index (κ3) is 16.9. The van der Waals surface area contributed by atoms with E-state index in [4.69, 9.17) is 24.1 Å². The Kier molecular flexibility index (Phi) is 21.2. The standard InChI is InChI=1S/C48H73NO16/c1-27-10-6-7-21-49-39(51)19-18-35-47(60)48(5,61)26-32(62-35)13-8-11-29(3)22-31(63-41(54)20-17-28(2)16-15-27)12-9-14-34-30(4)23-36(64-34)43(56)42(55)33(50)24-37-44(57)46(59)45(58)38(65-37)25-40(52)53/h6-7,9,11-12,16-17,20,30-38,42-47,50,55-61H,1,8,10,13-15,18-19,21-26H2,2-5H3,(H,49,51)(H,52,53)/b7-6+,12-9+,20-17+,28-16+,29-11-/t30-,31+,32+,33-,34+,35-,36-,37+,38+,42+,43+,44-,45+,46+,47-,48-/m0/s1. The molecule has 4 heterocycles. The number of aliphatic hydroxyl groups is 8. The summed E-state index contributed by atoms with van der Waals surface area (Å²) in [5.41, 5.74) is 1.31. The molecule has 4 rings (SSSR count). The molecule has 65 heavy (non-hydrogen) atoms. The topological polar surface area (TPSA) is 282 Å². The van der Waals surface area contributed by atoms with E-state index in [0.717, 1.165) is 16.7 Å². The molecule has 2 bridgehead atoms. The molecule has 10 N–H and O–H groups in total. The normalized spacial score (nSPS) is 39.5. The van der Waals surface area contributed by atoms with Crippen LogP contribution in [0.3, 0.4) is 0 Å². The Morgan fingerprint density at radius 2 is 1.68 bits per heavy atom. The van der Waals surface area contributed by atoms with Crippen LogP contribution < -0.4 is 5.32 Å². The maximum Gasteiger partial charge on any atom is 0.331 e. The Labute approximate surface area is 381 Å². The average molecular weight is 920 g/mol. The van der Waals surface area contributed by atoms with Gasteiger partial charge in [-0.25, -0.2) is 4.79 Å². The van der Waals surface area contributed by atoms with Crippen LogP contribution in [0.1, 0.15) is 105 Å². The first-order chi connectivity index (χ1) is 30.6. The Hall–Kier alpha value is -3.59. The minimum atomic E-state index is -1.76. The van der Waals surface area contributed by atoms with Gasteiger partial charge in [0.2, 0.25) is 5.91 Å². The van der Waals surface area contributed by atoms with Crippen molar-refractivity contribution in [3.8, 4) is 0 Å². The van der Waals surface area contributed by atoms with Crippen molar-refractivity contribution in [1.29, 1.82) is 0 Å². The van der Waals surface area contributed by atoms with Crippen LogP contribution in [-0.4, -0.2) is 161 Å². The lowest BCUT2D eigenvalue weighted by atomic mass is 9.83. The number of fused-ring (bicyclic) bond motifs is 2. The van der Waals surface area contributed by atoms with Crippen molar-refractivity contribution in [3.63, 3.8) is 0 Å². The number of aliphatic carboxylic acids is 1. The van der Waals surface area contributed by atoms with E-state index in [2.05, 4.69) is 11.9 Å². The third-order valence-corrected chi connectivity index (χ3v) is 12.7. The van der Waals surface area contributed by atoms with Crippen molar-refractivity contribution in [2.75, 3.05) is 6.54 Å². The van der Waals surface area contributed by atoms with Crippen molar-refractivity contribution in [3.05, 3.63) is 71.9 Å². The number of hydrogen-bond donors (Lipinski definition) is 10. The molecule has 0 aromatic carbocycles. The molecule has 366 valence electrons.